The maximum atomic E-state index is 12.5. The highest BCUT2D eigenvalue weighted by Gasteiger charge is 2.33. The lowest BCUT2D eigenvalue weighted by atomic mass is 10.1. The molecule has 4 heteroatoms. The molecule has 0 aromatic heterocycles. The Morgan fingerprint density at radius 2 is 2.16 bits per heavy atom. The Kier molecular flexibility index (Phi) is 4.35. The summed E-state index contributed by atoms with van der Waals surface area (Å²) in [7, 11) is 0. The second kappa shape index (κ2) is 5.83. The van der Waals surface area contributed by atoms with E-state index in [1.807, 2.05) is 4.90 Å². The zero-order chi connectivity index (χ0) is 14.0. The molecule has 19 heavy (non-hydrogen) atoms. The van der Waals surface area contributed by atoms with E-state index < -0.39 is 0 Å². The lowest BCUT2D eigenvalue weighted by Crippen LogP contribution is -2.34. The number of phenolic OH excluding ortho intramolecular Hbond substituents is 1. The van der Waals surface area contributed by atoms with Crippen molar-refractivity contribution in [1.29, 1.82) is 0 Å². The van der Waals surface area contributed by atoms with Gasteiger partial charge in [-0.2, -0.15) is 0 Å². The van der Waals surface area contributed by atoms with Gasteiger partial charge in [0.15, 0.2) is 0 Å². The first-order valence-electron chi connectivity index (χ1n) is 6.78. The second-order valence-corrected chi connectivity index (χ2v) is 5.98. The van der Waals surface area contributed by atoms with Gasteiger partial charge in [0, 0.05) is 12.6 Å². The van der Waals surface area contributed by atoms with E-state index in [0.717, 1.165) is 25.8 Å². The number of amides is 1. The minimum absolute atomic E-state index is 0.0657. The summed E-state index contributed by atoms with van der Waals surface area (Å²) < 4.78 is 0. The van der Waals surface area contributed by atoms with Crippen molar-refractivity contribution < 1.29 is 9.90 Å². The third kappa shape index (κ3) is 3.63. The van der Waals surface area contributed by atoms with Gasteiger partial charge in [-0.3, -0.25) is 4.79 Å². The van der Waals surface area contributed by atoms with Crippen LogP contribution in [0.4, 0.5) is 0 Å². The molecule has 1 fully saturated rings. The quantitative estimate of drug-likeness (QED) is 0.894. The summed E-state index contributed by atoms with van der Waals surface area (Å²) in [6, 6.07) is 4.87. The molecule has 0 aliphatic heterocycles. The molecule has 1 aliphatic rings. The first kappa shape index (κ1) is 14.2. The van der Waals surface area contributed by atoms with Crippen molar-refractivity contribution >= 4 is 17.5 Å². The summed E-state index contributed by atoms with van der Waals surface area (Å²) in [5.41, 5.74) is 0.400. The summed E-state index contributed by atoms with van der Waals surface area (Å²) in [6.07, 6.45) is 3.12. The maximum Gasteiger partial charge on any atom is 0.255 e. The normalized spacial score (nSPS) is 14.7. The lowest BCUT2D eigenvalue weighted by Gasteiger charge is -2.24. The number of benzene rings is 1. The fourth-order valence-corrected chi connectivity index (χ4v) is 2.26. The van der Waals surface area contributed by atoms with Crippen LogP contribution in [0.3, 0.4) is 0 Å². The number of halogens is 1. The van der Waals surface area contributed by atoms with E-state index in [0.29, 0.717) is 22.5 Å². The smallest absolute Gasteiger partial charge is 0.255 e. The summed E-state index contributed by atoms with van der Waals surface area (Å²) in [5.74, 6) is 0.574. The average molecular weight is 282 g/mol. The van der Waals surface area contributed by atoms with Crippen LogP contribution in [0.15, 0.2) is 18.2 Å². The molecule has 104 valence electrons. The van der Waals surface area contributed by atoms with Gasteiger partial charge in [0.25, 0.3) is 5.91 Å². The zero-order valence-corrected chi connectivity index (χ0v) is 12.2. The molecule has 0 radical (unpaired) electrons. The summed E-state index contributed by atoms with van der Waals surface area (Å²) in [6.45, 7) is 5.06. The molecule has 0 atom stereocenters. The molecule has 1 N–H and O–H groups in total. The molecule has 0 saturated heterocycles. The average Bonchev–Trinajstić information content (AvgIpc) is 3.16. The van der Waals surface area contributed by atoms with Gasteiger partial charge >= 0.3 is 0 Å². The van der Waals surface area contributed by atoms with Crippen LogP contribution in [-0.4, -0.2) is 28.5 Å². The minimum atomic E-state index is -0.0657. The van der Waals surface area contributed by atoms with Crippen molar-refractivity contribution in [3.63, 3.8) is 0 Å². The highest BCUT2D eigenvalue weighted by molar-refractivity contribution is 6.33. The van der Waals surface area contributed by atoms with Crippen LogP contribution in [0.25, 0.3) is 0 Å². The van der Waals surface area contributed by atoms with Gasteiger partial charge in [0.2, 0.25) is 0 Å². The minimum Gasteiger partial charge on any atom is -0.508 e. The van der Waals surface area contributed by atoms with Gasteiger partial charge < -0.3 is 10.0 Å². The number of hydrogen-bond acceptors (Lipinski definition) is 2. The Morgan fingerprint density at radius 3 is 2.74 bits per heavy atom. The number of hydrogen-bond donors (Lipinski definition) is 1. The highest BCUT2D eigenvalue weighted by atomic mass is 35.5. The van der Waals surface area contributed by atoms with E-state index in [9.17, 15) is 9.90 Å². The maximum absolute atomic E-state index is 12.5. The van der Waals surface area contributed by atoms with E-state index in [4.69, 9.17) is 11.6 Å². The first-order chi connectivity index (χ1) is 8.99. The van der Waals surface area contributed by atoms with E-state index >= 15 is 0 Å². The molecule has 1 aromatic rings. The van der Waals surface area contributed by atoms with Crippen LogP contribution >= 0.6 is 11.6 Å². The fourth-order valence-electron chi connectivity index (χ4n) is 2.07. The number of phenols is 1. The van der Waals surface area contributed by atoms with Crippen LogP contribution < -0.4 is 0 Å². The van der Waals surface area contributed by atoms with E-state index in [-0.39, 0.29) is 11.7 Å². The Bertz CT molecular complexity index is 469. The molecule has 3 nitrogen and oxygen atoms in total. The van der Waals surface area contributed by atoms with Crippen molar-refractivity contribution in [2.24, 2.45) is 5.92 Å². The number of rotatable bonds is 5. The van der Waals surface area contributed by atoms with Gasteiger partial charge in [-0.15, -0.1) is 0 Å². The molecule has 1 aliphatic carbocycles. The summed E-state index contributed by atoms with van der Waals surface area (Å²) in [5, 5.41) is 9.91. The second-order valence-electron chi connectivity index (χ2n) is 5.58. The lowest BCUT2D eigenvalue weighted by molar-refractivity contribution is 0.0735. The first-order valence-corrected chi connectivity index (χ1v) is 7.16. The van der Waals surface area contributed by atoms with Crippen molar-refractivity contribution in [3.8, 4) is 5.75 Å². The predicted molar refractivity (Wildman–Crippen MR) is 76.6 cm³/mol. The SMILES string of the molecule is CC(C)CCN(C(=O)c1cc(O)ccc1Cl)C1CC1. The van der Waals surface area contributed by atoms with Crippen molar-refractivity contribution in [2.75, 3.05) is 6.54 Å². The van der Waals surface area contributed by atoms with Crippen molar-refractivity contribution in [1.82, 2.24) is 4.90 Å². The van der Waals surface area contributed by atoms with Crippen molar-refractivity contribution in [3.05, 3.63) is 28.8 Å². The summed E-state index contributed by atoms with van der Waals surface area (Å²) >= 11 is 6.06. The third-order valence-electron chi connectivity index (χ3n) is 3.38. The van der Waals surface area contributed by atoms with E-state index in [1.165, 1.54) is 12.1 Å². The molecule has 1 amide bonds. The zero-order valence-electron chi connectivity index (χ0n) is 11.4. The monoisotopic (exact) mass is 281 g/mol. The Balaban J connectivity index is 2.16. The Hall–Kier alpha value is -1.22. The van der Waals surface area contributed by atoms with Crippen LogP contribution in [0.1, 0.15) is 43.5 Å². The van der Waals surface area contributed by atoms with Crippen LogP contribution in [-0.2, 0) is 0 Å². The fraction of sp³-hybridized carbons (Fsp3) is 0.533. The molecular formula is C15H20ClNO2. The number of nitrogens with zero attached hydrogens (tertiary/aromatic N) is 1. The Morgan fingerprint density at radius 1 is 1.47 bits per heavy atom. The van der Waals surface area contributed by atoms with Crippen molar-refractivity contribution in [2.45, 2.75) is 39.2 Å². The van der Waals surface area contributed by atoms with Gasteiger partial charge in [-0.1, -0.05) is 25.4 Å². The number of carbonyl (C=O) groups is 1. The molecule has 1 aromatic carbocycles. The van der Waals surface area contributed by atoms with Gasteiger partial charge in [0.05, 0.1) is 10.6 Å². The molecule has 1 saturated carbocycles. The standard InChI is InChI=1S/C15H20ClNO2/c1-10(2)7-8-17(11-3-4-11)15(19)13-9-12(18)5-6-14(13)16/h5-6,9-11,18H,3-4,7-8H2,1-2H3. The molecule has 0 unspecified atom stereocenters. The highest BCUT2D eigenvalue weighted by Crippen LogP contribution is 2.31. The molecular weight excluding hydrogens is 262 g/mol. The molecule has 0 spiro atoms. The van der Waals surface area contributed by atoms with Crippen LogP contribution in [0, 0.1) is 5.92 Å². The largest absolute Gasteiger partial charge is 0.508 e. The van der Waals surface area contributed by atoms with E-state index in [1.54, 1.807) is 6.07 Å². The predicted octanol–water partition coefficient (Wildman–Crippen LogP) is 3.70. The van der Waals surface area contributed by atoms with Crippen LogP contribution in [0.5, 0.6) is 5.75 Å². The molecule has 2 rings (SSSR count). The number of carbonyl (C=O) groups excluding carboxylic acids is 1. The molecule has 0 bridgehead atoms. The van der Waals surface area contributed by atoms with Crippen LogP contribution in [0.2, 0.25) is 5.02 Å². The van der Waals surface area contributed by atoms with E-state index in [2.05, 4.69) is 13.8 Å². The van der Waals surface area contributed by atoms with Gasteiger partial charge in [0.1, 0.15) is 5.75 Å². The van der Waals surface area contributed by atoms with Gasteiger partial charge in [-0.25, -0.2) is 0 Å². The summed E-state index contributed by atoms with van der Waals surface area (Å²) in [4.78, 5) is 14.4. The van der Waals surface area contributed by atoms with Gasteiger partial charge in [-0.05, 0) is 43.4 Å². The third-order valence-corrected chi connectivity index (χ3v) is 3.71. The molecule has 0 heterocycles. The number of aromatic hydroxyl groups is 1. The topological polar surface area (TPSA) is 40.5 Å². The Labute approximate surface area is 119 Å².